The van der Waals surface area contributed by atoms with Crippen molar-refractivity contribution in [3.05, 3.63) is 11.8 Å². The molecule has 1 rings (SSSR count). The molecule has 0 unspecified atom stereocenters. The van der Waals surface area contributed by atoms with Gasteiger partial charge in [0.05, 0.1) is 12.2 Å². The average molecular weight is 211 g/mol. The van der Waals surface area contributed by atoms with Crippen LogP contribution in [-0.2, 0) is 6.42 Å². The van der Waals surface area contributed by atoms with E-state index in [9.17, 15) is 0 Å². The summed E-state index contributed by atoms with van der Waals surface area (Å²) in [5.74, 6) is 0.761. The zero-order valence-electron chi connectivity index (χ0n) is 9.61. The molecule has 0 amide bonds. The van der Waals surface area contributed by atoms with Gasteiger partial charge in [-0.1, -0.05) is 13.8 Å². The molecule has 1 aromatic heterocycles. The van der Waals surface area contributed by atoms with Crippen LogP contribution < -0.4 is 5.73 Å². The van der Waals surface area contributed by atoms with Crippen LogP contribution in [0, 0.1) is 0 Å². The Bertz CT molecular complexity index is 292. The molecule has 0 saturated heterocycles. The molecule has 0 bridgehead atoms. The summed E-state index contributed by atoms with van der Waals surface area (Å²) >= 11 is 0. The topological polar surface area (TPSA) is 64.1 Å². The van der Waals surface area contributed by atoms with Crippen molar-refractivity contribution in [2.45, 2.75) is 45.6 Å². The van der Waals surface area contributed by atoms with E-state index in [2.05, 4.69) is 18.9 Å². The van der Waals surface area contributed by atoms with Gasteiger partial charge < -0.3 is 10.8 Å². The highest BCUT2D eigenvalue weighted by atomic mass is 16.2. The molecule has 0 saturated carbocycles. The first-order valence-corrected chi connectivity index (χ1v) is 5.67. The van der Waals surface area contributed by atoms with E-state index >= 15 is 0 Å². The lowest BCUT2D eigenvalue weighted by Crippen LogP contribution is -2.12. The number of hydrogen-bond acceptors (Lipinski definition) is 3. The fourth-order valence-electron chi connectivity index (χ4n) is 1.80. The van der Waals surface area contributed by atoms with Crippen LogP contribution in [0.15, 0.2) is 6.20 Å². The van der Waals surface area contributed by atoms with Crippen LogP contribution in [0.2, 0.25) is 0 Å². The van der Waals surface area contributed by atoms with Gasteiger partial charge in [0.2, 0.25) is 0 Å². The summed E-state index contributed by atoms with van der Waals surface area (Å²) in [4.78, 5) is 0. The van der Waals surface area contributed by atoms with Crippen molar-refractivity contribution in [2.24, 2.45) is 0 Å². The van der Waals surface area contributed by atoms with Gasteiger partial charge in [0.1, 0.15) is 5.82 Å². The van der Waals surface area contributed by atoms with Crippen LogP contribution in [0.1, 0.15) is 44.7 Å². The lowest BCUT2D eigenvalue weighted by atomic mass is 10.1. The molecule has 1 heterocycles. The van der Waals surface area contributed by atoms with E-state index < -0.39 is 0 Å². The van der Waals surface area contributed by atoms with Crippen molar-refractivity contribution in [1.82, 2.24) is 9.78 Å². The second-order valence-electron chi connectivity index (χ2n) is 3.80. The van der Waals surface area contributed by atoms with E-state index in [-0.39, 0.29) is 6.61 Å². The van der Waals surface area contributed by atoms with Gasteiger partial charge in [0, 0.05) is 12.2 Å². The van der Waals surface area contributed by atoms with Crippen molar-refractivity contribution in [3.8, 4) is 0 Å². The molecular weight excluding hydrogens is 190 g/mol. The van der Waals surface area contributed by atoms with Crippen LogP contribution in [-0.4, -0.2) is 21.5 Å². The van der Waals surface area contributed by atoms with E-state index in [1.165, 1.54) is 0 Å². The largest absolute Gasteiger partial charge is 0.396 e. The fourth-order valence-corrected chi connectivity index (χ4v) is 1.80. The minimum absolute atomic E-state index is 0.204. The highest BCUT2D eigenvalue weighted by molar-refractivity contribution is 5.39. The minimum atomic E-state index is 0.204. The third kappa shape index (κ3) is 2.72. The molecule has 0 fully saturated rings. The van der Waals surface area contributed by atoms with Gasteiger partial charge in [0.15, 0.2) is 0 Å². The van der Waals surface area contributed by atoms with E-state index in [1.807, 2.05) is 10.9 Å². The lowest BCUT2D eigenvalue weighted by molar-refractivity contribution is 0.288. The monoisotopic (exact) mass is 211 g/mol. The number of nitrogens with zero attached hydrogens (tertiary/aromatic N) is 2. The van der Waals surface area contributed by atoms with Crippen LogP contribution in [0.4, 0.5) is 5.82 Å². The van der Waals surface area contributed by atoms with Crippen molar-refractivity contribution in [2.75, 3.05) is 12.3 Å². The number of aromatic nitrogens is 2. The SMILES string of the molecule is CCC(CC)n1ncc(CCCO)c1N. The van der Waals surface area contributed by atoms with E-state index in [1.54, 1.807) is 0 Å². The van der Waals surface area contributed by atoms with Crippen LogP contribution >= 0.6 is 0 Å². The summed E-state index contributed by atoms with van der Waals surface area (Å²) in [5, 5.41) is 13.1. The van der Waals surface area contributed by atoms with Crippen LogP contribution in [0.25, 0.3) is 0 Å². The lowest BCUT2D eigenvalue weighted by Gasteiger charge is -2.14. The number of nitrogens with two attached hydrogens (primary N) is 1. The molecule has 3 N–H and O–H groups in total. The Morgan fingerprint density at radius 2 is 2.13 bits per heavy atom. The third-order valence-corrected chi connectivity index (χ3v) is 2.81. The van der Waals surface area contributed by atoms with Crippen molar-refractivity contribution in [3.63, 3.8) is 0 Å². The first-order chi connectivity index (χ1) is 7.24. The Morgan fingerprint density at radius 3 is 2.67 bits per heavy atom. The second-order valence-corrected chi connectivity index (χ2v) is 3.80. The van der Waals surface area contributed by atoms with Gasteiger partial charge >= 0.3 is 0 Å². The summed E-state index contributed by atoms with van der Waals surface area (Å²) in [6.45, 7) is 4.49. The van der Waals surface area contributed by atoms with Crippen LogP contribution in [0.5, 0.6) is 0 Å². The molecule has 4 nitrogen and oxygen atoms in total. The number of hydrogen-bond donors (Lipinski definition) is 2. The highest BCUT2D eigenvalue weighted by Crippen LogP contribution is 2.22. The summed E-state index contributed by atoms with van der Waals surface area (Å²) in [6, 6.07) is 0.396. The molecule has 0 aliphatic rings. The molecule has 0 aromatic carbocycles. The number of aliphatic hydroxyl groups excluding tert-OH is 1. The number of anilines is 1. The van der Waals surface area contributed by atoms with Gasteiger partial charge in [-0.25, -0.2) is 4.68 Å². The molecule has 0 atom stereocenters. The van der Waals surface area contributed by atoms with Gasteiger partial charge in [-0.15, -0.1) is 0 Å². The number of aryl methyl sites for hydroxylation is 1. The quantitative estimate of drug-likeness (QED) is 0.753. The van der Waals surface area contributed by atoms with Crippen molar-refractivity contribution < 1.29 is 5.11 Å². The third-order valence-electron chi connectivity index (χ3n) is 2.81. The molecule has 0 radical (unpaired) electrons. The molecule has 0 spiro atoms. The Hall–Kier alpha value is -1.03. The Morgan fingerprint density at radius 1 is 1.47 bits per heavy atom. The van der Waals surface area contributed by atoms with Gasteiger partial charge in [-0.05, 0) is 25.7 Å². The summed E-state index contributed by atoms with van der Waals surface area (Å²) in [7, 11) is 0. The van der Waals surface area contributed by atoms with E-state index in [0.717, 1.165) is 37.1 Å². The maximum Gasteiger partial charge on any atom is 0.125 e. The Labute approximate surface area is 91.1 Å². The van der Waals surface area contributed by atoms with E-state index in [4.69, 9.17) is 10.8 Å². The van der Waals surface area contributed by atoms with Crippen LogP contribution in [0.3, 0.4) is 0 Å². The van der Waals surface area contributed by atoms with Gasteiger partial charge in [0.25, 0.3) is 0 Å². The second kappa shape index (κ2) is 5.75. The smallest absolute Gasteiger partial charge is 0.125 e. The zero-order valence-corrected chi connectivity index (χ0v) is 9.61. The Kier molecular flexibility index (Phi) is 4.62. The normalized spacial score (nSPS) is 11.2. The molecule has 1 aromatic rings. The van der Waals surface area contributed by atoms with E-state index in [0.29, 0.717) is 6.04 Å². The Balaban J connectivity index is 2.78. The number of rotatable bonds is 6. The van der Waals surface area contributed by atoms with Gasteiger partial charge in [-0.3, -0.25) is 0 Å². The summed E-state index contributed by atoms with van der Waals surface area (Å²) in [5.41, 5.74) is 7.07. The molecule has 0 aliphatic carbocycles. The molecular formula is C11H21N3O. The zero-order chi connectivity index (χ0) is 11.3. The average Bonchev–Trinajstić information content (AvgIpc) is 2.60. The number of aliphatic hydroxyl groups is 1. The molecule has 86 valence electrons. The first-order valence-electron chi connectivity index (χ1n) is 5.67. The predicted molar refractivity (Wildman–Crippen MR) is 61.7 cm³/mol. The minimum Gasteiger partial charge on any atom is -0.396 e. The molecule has 15 heavy (non-hydrogen) atoms. The standard InChI is InChI=1S/C11H21N3O/c1-3-10(4-2)14-11(12)9(8-13-14)6-5-7-15/h8,10,15H,3-7,12H2,1-2H3. The van der Waals surface area contributed by atoms with Crippen molar-refractivity contribution in [1.29, 1.82) is 0 Å². The first kappa shape index (κ1) is 12.0. The maximum atomic E-state index is 8.76. The summed E-state index contributed by atoms with van der Waals surface area (Å²) in [6.07, 6.45) is 5.47. The number of nitrogen functional groups attached to an aromatic ring is 1. The van der Waals surface area contributed by atoms with Crippen molar-refractivity contribution >= 4 is 5.82 Å². The predicted octanol–water partition coefficient (Wildman–Crippen LogP) is 1.75. The highest BCUT2D eigenvalue weighted by Gasteiger charge is 2.13. The maximum absolute atomic E-state index is 8.76. The summed E-state index contributed by atoms with van der Waals surface area (Å²) < 4.78 is 1.91. The molecule has 0 aliphatic heterocycles. The molecule has 4 heteroatoms. The fraction of sp³-hybridized carbons (Fsp3) is 0.727. The van der Waals surface area contributed by atoms with Gasteiger partial charge in [-0.2, -0.15) is 5.10 Å².